The molecule has 2 atom stereocenters. The number of rotatable bonds is 7. The quantitative estimate of drug-likeness (QED) is 0.206. The monoisotopic (exact) mass is 507 g/mol. The van der Waals surface area contributed by atoms with Crippen LogP contribution in [0.4, 0.5) is 8.78 Å². The van der Waals surface area contributed by atoms with Crippen molar-refractivity contribution in [1.82, 2.24) is 14.8 Å². The second-order valence-electron chi connectivity index (χ2n) is 8.59. The number of hydrogen-bond donors (Lipinski definition) is 0. The van der Waals surface area contributed by atoms with E-state index >= 15 is 4.39 Å². The molecule has 2 heterocycles. The highest BCUT2D eigenvalue weighted by molar-refractivity contribution is 6.27. The Morgan fingerprint density at radius 2 is 1.89 bits per heavy atom. The second-order valence-corrected chi connectivity index (χ2v) is 8.59. The van der Waals surface area contributed by atoms with Crippen LogP contribution in [0.5, 0.6) is 0 Å². The van der Waals surface area contributed by atoms with Gasteiger partial charge in [0.1, 0.15) is 5.82 Å². The SMILES string of the molecule is C=CC(F)c1ccc(-c2ccc(C3C=C=C(c4ccnn4-c4ccccc4)C(=O)C(OC)=C3)c(F)c2)cn1. The van der Waals surface area contributed by atoms with Crippen molar-refractivity contribution in [2.45, 2.75) is 12.1 Å². The lowest BCUT2D eigenvalue weighted by atomic mass is 9.95. The number of alkyl halides is 1. The molecule has 2 unspecified atom stereocenters. The number of benzene rings is 2. The van der Waals surface area contributed by atoms with Crippen molar-refractivity contribution in [1.29, 1.82) is 0 Å². The Morgan fingerprint density at radius 1 is 1.11 bits per heavy atom. The lowest BCUT2D eigenvalue weighted by molar-refractivity contribution is -0.113. The first-order valence-electron chi connectivity index (χ1n) is 11.9. The third-order valence-corrected chi connectivity index (χ3v) is 6.28. The third kappa shape index (κ3) is 4.75. The summed E-state index contributed by atoms with van der Waals surface area (Å²) in [6.45, 7) is 3.43. The summed E-state index contributed by atoms with van der Waals surface area (Å²) >= 11 is 0. The first-order valence-corrected chi connectivity index (χ1v) is 11.9. The molecule has 0 saturated heterocycles. The molecule has 7 heteroatoms. The highest BCUT2D eigenvalue weighted by Gasteiger charge is 2.26. The average molecular weight is 508 g/mol. The maximum atomic E-state index is 15.4. The van der Waals surface area contributed by atoms with E-state index in [4.69, 9.17) is 4.74 Å². The fraction of sp³-hybridized carbons (Fsp3) is 0.0968. The minimum atomic E-state index is -1.36. The molecule has 38 heavy (non-hydrogen) atoms. The lowest BCUT2D eigenvalue weighted by Gasteiger charge is -2.12. The first kappa shape index (κ1) is 24.8. The van der Waals surface area contributed by atoms with Crippen LogP contribution >= 0.6 is 0 Å². The molecule has 0 aliphatic heterocycles. The van der Waals surface area contributed by atoms with Crippen molar-refractivity contribution in [3.63, 3.8) is 0 Å². The molecule has 0 N–H and O–H groups in total. The third-order valence-electron chi connectivity index (χ3n) is 6.28. The fourth-order valence-electron chi connectivity index (χ4n) is 4.28. The van der Waals surface area contributed by atoms with E-state index in [1.165, 1.54) is 25.4 Å². The predicted molar refractivity (Wildman–Crippen MR) is 142 cm³/mol. The van der Waals surface area contributed by atoms with E-state index in [9.17, 15) is 9.18 Å². The fourth-order valence-corrected chi connectivity index (χ4v) is 4.28. The number of ketones is 1. The summed E-state index contributed by atoms with van der Waals surface area (Å²) in [5.74, 6) is -1.37. The van der Waals surface area contributed by atoms with Crippen LogP contribution in [0.3, 0.4) is 0 Å². The molecular formula is C31H23F2N3O2. The van der Waals surface area contributed by atoms with Crippen LogP contribution in [-0.4, -0.2) is 27.7 Å². The van der Waals surface area contributed by atoms with Crippen molar-refractivity contribution in [2.75, 3.05) is 7.11 Å². The average Bonchev–Trinajstić information content (AvgIpc) is 3.38. The van der Waals surface area contributed by atoms with Gasteiger partial charge in [-0.3, -0.25) is 9.78 Å². The number of hydrogen-bond acceptors (Lipinski definition) is 4. The molecular weight excluding hydrogens is 484 g/mol. The van der Waals surface area contributed by atoms with Crippen LogP contribution in [0.15, 0.2) is 115 Å². The van der Waals surface area contributed by atoms with Gasteiger partial charge in [-0.25, -0.2) is 13.5 Å². The van der Waals surface area contributed by atoms with Gasteiger partial charge in [-0.1, -0.05) is 49.1 Å². The van der Waals surface area contributed by atoms with Crippen molar-refractivity contribution >= 4 is 11.4 Å². The van der Waals surface area contributed by atoms with Crippen molar-refractivity contribution in [3.05, 3.63) is 138 Å². The molecule has 0 spiro atoms. The van der Waals surface area contributed by atoms with Gasteiger partial charge in [0, 0.05) is 17.7 Å². The Labute approximate surface area is 218 Å². The minimum Gasteiger partial charge on any atom is -0.493 e. The van der Waals surface area contributed by atoms with Gasteiger partial charge in [-0.2, -0.15) is 5.10 Å². The summed E-state index contributed by atoms with van der Waals surface area (Å²) in [5.41, 5.74) is 6.49. The second kappa shape index (κ2) is 10.6. The molecule has 1 aliphatic carbocycles. The highest BCUT2D eigenvalue weighted by Crippen LogP contribution is 2.32. The molecule has 5 rings (SSSR count). The summed E-state index contributed by atoms with van der Waals surface area (Å²) in [6, 6.07) is 19.2. The topological polar surface area (TPSA) is 57.0 Å². The summed E-state index contributed by atoms with van der Waals surface area (Å²) in [5, 5.41) is 4.37. The zero-order valence-electron chi connectivity index (χ0n) is 20.5. The molecule has 1 aliphatic rings. The number of carbonyl (C=O) groups is 1. The number of carbonyl (C=O) groups excluding carboxylic acids is 1. The van der Waals surface area contributed by atoms with E-state index in [0.29, 0.717) is 22.4 Å². The Bertz CT molecular complexity index is 1600. The molecule has 0 bridgehead atoms. The molecule has 2 aromatic carbocycles. The number of methoxy groups -OCH3 is 1. The minimum absolute atomic E-state index is 0.0818. The molecule has 0 radical (unpaired) electrons. The maximum absolute atomic E-state index is 15.4. The van der Waals surface area contributed by atoms with Crippen LogP contribution in [0.25, 0.3) is 22.4 Å². The van der Waals surface area contributed by atoms with Crippen molar-refractivity contribution in [3.8, 4) is 16.8 Å². The van der Waals surface area contributed by atoms with E-state index in [2.05, 4.69) is 22.4 Å². The van der Waals surface area contributed by atoms with E-state index in [0.717, 1.165) is 5.69 Å². The van der Waals surface area contributed by atoms with Gasteiger partial charge in [-0.05, 0) is 53.6 Å². The zero-order chi connectivity index (χ0) is 26.6. The Hall–Kier alpha value is -4.87. The van der Waals surface area contributed by atoms with E-state index < -0.39 is 17.9 Å². The summed E-state index contributed by atoms with van der Waals surface area (Å²) in [4.78, 5) is 17.5. The molecule has 0 fully saturated rings. The number of ether oxygens (including phenoxy) is 1. The van der Waals surface area contributed by atoms with E-state index in [1.807, 2.05) is 30.3 Å². The number of aromatic nitrogens is 3. The van der Waals surface area contributed by atoms with Gasteiger partial charge in [0.15, 0.2) is 11.9 Å². The summed E-state index contributed by atoms with van der Waals surface area (Å²) < 4.78 is 36.2. The molecule has 188 valence electrons. The van der Waals surface area contributed by atoms with Gasteiger partial charge < -0.3 is 4.74 Å². The van der Waals surface area contributed by atoms with Crippen LogP contribution in [0.1, 0.15) is 29.0 Å². The Morgan fingerprint density at radius 3 is 2.58 bits per heavy atom. The van der Waals surface area contributed by atoms with Gasteiger partial charge in [0.25, 0.3) is 0 Å². The number of para-hydroxylation sites is 1. The molecule has 5 nitrogen and oxygen atoms in total. The molecule has 0 saturated carbocycles. The standard InChI is InChI=1S/C31H23F2N3O2/c1-3-26(32)28-14-11-22(19-34-28)20-9-12-24(27(33)17-20)21-10-13-25(31(37)30(18-21)38-2)29-15-16-35-36(29)23-7-5-4-6-8-23/h3-12,14-19,21,26H,1H2,2H3. The van der Waals surface area contributed by atoms with E-state index in [1.54, 1.807) is 53.4 Å². The molecule has 2 aromatic heterocycles. The van der Waals surface area contributed by atoms with Gasteiger partial charge in [0.05, 0.1) is 36.0 Å². The maximum Gasteiger partial charge on any atom is 0.237 e. The van der Waals surface area contributed by atoms with Crippen LogP contribution in [0.2, 0.25) is 0 Å². The largest absolute Gasteiger partial charge is 0.493 e. The number of pyridine rings is 1. The molecule has 4 aromatic rings. The van der Waals surface area contributed by atoms with Crippen molar-refractivity contribution < 1.29 is 18.3 Å². The number of Topliss-reactive ketones (excluding diaryl/α,β-unsaturated/α-hetero) is 1. The highest BCUT2D eigenvalue weighted by atomic mass is 19.1. The summed E-state index contributed by atoms with van der Waals surface area (Å²) in [7, 11) is 1.41. The van der Waals surface area contributed by atoms with Gasteiger partial charge in [-0.15, -0.1) is 5.73 Å². The van der Waals surface area contributed by atoms with E-state index in [-0.39, 0.29) is 22.8 Å². The number of nitrogens with zero attached hydrogens (tertiary/aromatic N) is 3. The number of allylic oxidation sites excluding steroid dienone is 3. The Kier molecular flexibility index (Phi) is 6.94. The van der Waals surface area contributed by atoms with Gasteiger partial charge >= 0.3 is 0 Å². The number of halogens is 2. The van der Waals surface area contributed by atoms with Crippen LogP contribution < -0.4 is 0 Å². The lowest BCUT2D eigenvalue weighted by Crippen LogP contribution is -2.11. The Balaban J connectivity index is 1.51. The summed E-state index contributed by atoms with van der Waals surface area (Å²) in [6.07, 6.45) is 6.13. The van der Waals surface area contributed by atoms with Crippen LogP contribution in [-0.2, 0) is 9.53 Å². The molecule has 0 amide bonds. The van der Waals surface area contributed by atoms with Crippen molar-refractivity contribution in [2.24, 2.45) is 0 Å². The predicted octanol–water partition coefficient (Wildman–Crippen LogP) is 6.71. The first-order chi connectivity index (χ1) is 18.5. The zero-order valence-corrected chi connectivity index (χ0v) is 20.5. The normalized spacial score (nSPS) is 15.9. The van der Waals surface area contributed by atoms with Crippen LogP contribution in [0, 0.1) is 5.82 Å². The van der Waals surface area contributed by atoms with Gasteiger partial charge in [0.2, 0.25) is 5.78 Å². The smallest absolute Gasteiger partial charge is 0.237 e.